The number of carbonyl (C=O) groups excluding carboxylic acids is 1. The number of hydrogen-bond acceptors (Lipinski definition) is 4. The first-order valence-electron chi connectivity index (χ1n) is 5.81. The van der Waals surface area contributed by atoms with Crippen molar-refractivity contribution >= 4 is 65.6 Å². The maximum Gasteiger partial charge on any atom is 0.259 e. The predicted octanol–water partition coefficient (Wildman–Crippen LogP) is 4.13. The molecule has 21 heavy (non-hydrogen) atoms. The zero-order valence-electron chi connectivity index (χ0n) is 10.6. The van der Waals surface area contributed by atoms with Crippen molar-refractivity contribution in [3.8, 4) is 0 Å². The van der Waals surface area contributed by atoms with Gasteiger partial charge in [0.25, 0.3) is 5.91 Å². The lowest BCUT2D eigenvalue weighted by Gasteiger charge is -2.05. The Labute approximate surface area is 146 Å². The molecule has 0 atom stereocenters. The topological polar surface area (TPSA) is 66.6 Å². The molecule has 0 saturated carbocycles. The molecule has 0 bridgehead atoms. The SMILES string of the molecule is O=C(CNc1cccc(Br)c1)N/N=C\c1cc(Br)c(Br)o1. The minimum atomic E-state index is -0.254. The van der Waals surface area contributed by atoms with E-state index in [-0.39, 0.29) is 12.5 Å². The summed E-state index contributed by atoms with van der Waals surface area (Å²) in [6.07, 6.45) is 1.42. The van der Waals surface area contributed by atoms with Crippen LogP contribution in [0.2, 0.25) is 0 Å². The minimum absolute atomic E-state index is 0.124. The minimum Gasteiger partial charge on any atom is -0.447 e. The predicted molar refractivity (Wildman–Crippen MR) is 92.5 cm³/mol. The van der Waals surface area contributed by atoms with Crippen molar-refractivity contribution in [1.82, 2.24) is 5.43 Å². The Morgan fingerprint density at radius 1 is 1.29 bits per heavy atom. The number of furan rings is 1. The van der Waals surface area contributed by atoms with Crippen LogP contribution in [-0.2, 0) is 4.79 Å². The fourth-order valence-corrected chi connectivity index (χ4v) is 2.42. The lowest BCUT2D eigenvalue weighted by molar-refractivity contribution is -0.119. The molecule has 1 heterocycles. The molecule has 1 amide bonds. The van der Waals surface area contributed by atoms with Crippen LogP contribution in [0.4, 0.5) is 5.69 Å². The van der Waals surface area contributed by atoms with Gasteiger partial charge in [-0.25, -0.2) is 5.43 Å². The van der Waals surface area contributed by atoms with Crippen molar-refractivity contribution in [1.29, 1.82) is 0 Å². The van der Waals surface area contributed by atoms with Crippen LogP contribution < -0.4 is 10.7 Å². The monoisotopic (exact) mass is 477 g/mol. The summed E-state index contributed by atoms with van der Waals surface area (Å²) in [5, 5.41) is 6.81. The molecular weight excluding hydrogens is 470 g/mol. The summed E-state index contributed by atoms with van der Waals surface area (Å²) in [4.78, 5) is 11.6. The number of carbonyl (C=O) groups is 1. The standard InChI is InChI=1S/C13H10Br3N3O2/c14-8-2-1-3-9(4-8)17-7-12(20)19-18-6-10-5-11(15)13(16)21-10/h1-6,17H,7H2,(H,19,20)/b18-6-. The zero-order chi connectivity index (χ0) is 15.2. The molecule has 8 heteroatoms. The highest BCUT2D eigenvalue weighted by Gasteiger charge is 2.04. The molecule has 0 unspecified atom stereocenters. The summed E-state index contributed by atoms with van der Waals surface area (Å²) in [7, 11) is 0. The van der Waals surface area contributed by atoms with E-state index in [1.54, 1.807) is 6.07 Å². The third-order valence-corrected chi connectivity index (χ3v) is 4.53. The fraction of sp³-hybridized carbons (Fsp3) is 0.0769. The molecule has 5 nitrogen and oxygen atoms in total. The number of hydrazone groups is 1. The van der Waals surface area contributed by atoms with Crippen molar-refractivity contribution in [3.63, 3.8) is 0 Å². The van der Waals surface area contributed by atoms with Crippen LogP contribution in [-0.4, -0.2) is 18.7 Å². The van der Waals surface area contributed by atoms with Crippen molar-refractivity contribution in [3.05, 3.63) is 49.7 Å². The van der Waals surface area contributed by atoms with E-state index >= 15 is 0 Å². The summed E-state index contributed by atoms with van der Waals surface area (Å²) in [5.74, 6) is 0.268. The Kier molecular flexibility index (Phi) is 6.01. The van der Waals surface area contributed by atoms with Crippen LogP contribution in [0.5, 0.6) is 0 Å². The third-order valence-electron chi connectivity index (χ3n) is 2.32. The van der Waals surface area contributed by atoms with Gasteiger partial charge in [-0.15, -0.1) is 0 Å². The summed E-state index contributed by atoms with van der Waals surface area (Å²) in [5.41, 5.74) is 3.26. The summed E-state index contributed by atoms with van der Waals surface area (Å²) in [6.45, 7) is 0.124. The van der Waals surface area contributed by atoms with Gasteiger partial charge in [-0.3, -0.25) is 4.79 Å². The molecule has 2 N–H and O–H groups in total. The van der Waals surface area contributed by atoms with Crippen LogP contribution in [0.1, 0.15) is 5.76 Å². The number of nitrogens with one attached hydrogen (secondary N) is 2. The Morgan fingerprint density at radius 2 is 2.10 bits per heavy atom. The zero-order valence-corrected chi connectivity index (χ0v) is 15.3. The van der Waals surface area contributed by atoms with Gasteiger partial charge in [0.1, 0.15) is 5.76 Å². The Morgan fingerprint density at radius 3 is 2.76 bits per heavy atom. The summed E-state index contributed by atoms with van der Waals surface area (Å²) in [6, 6.07) is 9.29. The van der Waals surface area contributed by atoms with Gasteiger partial charge in [0.15, 0.2) is 4.67 Å². The van der Waals surface area contributed by atoms with Gasteiger partial charge in [-0.05, 0) is 50.1 Å². The van der Waals surface area contributed by atoms with E-state index < -0.39 is 0 Å². The average Bonchev–Trinajstić information content (AvgIpc) is 2.75. The van der Waals surface area contributed by atoms with Gasteiger partial charge in [0.05, 0.1) is 17.2 Å². The van der Waals surface area contributed by atoms with E-state index in [0.717, 1.165) is 14.6 Å². The number of hydrogen-bond donors (Lipinski definition) is 2. The van der Waals surface area contributed by atoms with Crippen LogP contribution >= 0.6 is 47.8 Å². The number of anilines is 1. The molecule has 0 fully saturated rings. The molecule has 1 aromatic heterocycles. The first kappa shape index (κ1) is 16.3. The Balaban J connectivity index is 1.79. The highest BCUT2D eigenvalue weighted by atomic mass is 79.9. The Hall–Kier alpha value is -1.12. The van der Waals surface area contributed by atoms with E-state index in [1.165, 1.54) is 6.21 Å². The summed E-state index contributed by atoms with van der Waals surface area (Å²) < 4.78 is 7.59. The summed E-state index contributed by atoms with van der Waals surface area (Å²) >= 11 is 9.87. The van der Waals surface area contributed by atoms with E-state index in [9.17, 15) is 4.79 Å². The normalized spacial score (nSPS) is 10.8. The van der Waals surface area contributed by atoms with Gasteiger partial charge in [-0.2, -0.15) is 5.10 Å². The van der Waals surface area contributed by atoms with E-state index in [2.05, 4.69) is 63.6 Å². The maximum atomic E-state index is 11.6. The molecule has 0 saturated heterocycles. The highest BCUT2D eigenvalue weighted by molar-refractivity contribution is 9.13. The van der Waals surface area contributed by atoms with Gasteiger partial charge in [-0.1, -0.05) is 22.0 Å². The van der Waals surface area contributed by atoms with Crippen molar-refractivity contribution in [2.24, 2.45) is 5.10 Å². The molecule has 110 valence electrons. The lowest BCUT2D eigenvalue weighted by atomic mass is 10.3. The van der Waals surface area contributed by atoms with Gasteiger partial charge < -0.3 is 9.73 Å². The number of benzene rings is 1. The molecule has 1 aromatic carbocycles. The molecule has 0 spiro atoms. The first-order chi connectivity index (χ1) is 10.0. The maximum absolute atomic E-state index is 11.6. The van der Waals surface area contributed by atoms with E-state index in [0.29, 0.717) is 10.4 Å². The fourth-order valence-electron chi connectivity index (χ4n) is 1.42. The average molecular weight is 480 g/mol. The first-order valence-corrected chi connectivity index (χ1v) is 8.18. The molecule has 2 aromatic rings. The molecule has 0 radical (unpaired) electrons. The molecule has 0 aliphatic heterocycles. The van der Waals surface area contributed by atoms with Gasteiger partial charge in [0, 0.05) is 16.2 Å². The van der Waals surface area contributed by atoms with Crippen LogP contribution in [0, 0.1) is 0 Å². The quantitative estimate of drug-likeness (QED) is 0.500. The number of halogens is 3. The van der Waals surface area contributed by atoms with Crippen molar-refractivity contribution in [2.75, 3.05) is 11.9 Å². The highest BCUT2D eigenvalue weighted by Crippen LogP contribution is 2.25. The van der Waals surface area contributed by atoms with Gasteiger partial charge >= 0.3 is 0 Å². The second-order valence-corrected chi connectivity index (χ2v) is 6.42. The number of rotatable bonds is 5. The second kappa shape index (κ2) is 7.77. The second-order valence-electron chi connectivity index (χ2n) is 3.93. The van der Waals surface area contributed by atoms with Crippen molar-refractivity contribution < 1.29 is 9.21 Å². The molecular formula is C13H10Br3N3O2. The third kappa shape index (κ3) is 5.29. The van der Waals surface area contributed by atoms with E-state index in [4.69, 9.17) is 4.42 Å². The molecule has 0 aliphatic rings. The number of amides is 1. The van der Waals surface area contributed by atoms with Gasteiger partial charge in [0.2, 0.25) is 0 Å². The van der Waals surface area contributed by atoms with Crippen LogP contribution in [0.15, 0.2) is 53.5 Å². The van der Waals surface area contributed by atoms with E-state index in [1.807, 2.05) is 24.3 Å². The van der Waals surface area contributed by atoms with Crippen molar-refractivity contribution in [2.45, 2.75) is 0 Å². The smallest absolute Gasteiger partial charge is 0.259 e. The van der Waals surface area contributed by atoms with Crippen LogP contribution in [0.25, 0.3) is 0 Å². The largest absolute Gasteiger partial charge is 0.447 e. The lowest BCUT2D eigenvalue weighted by Crippen LogP contribution is -2.25. The van der Waals surface area contributed by atoms with Crippen LogP contribution in [0.3, 0.4) is 0 Å². The molecule has 2 rings (SSSR count). The molecule has 0 aliphatic carbocycles. The Bertz CT molecular complexity index is 651. The number of nitrogens with zero attached hydrogens (tertiary/aromatic N) is 1.